The van der Waals surface area contributed by atoms with Crippen LogP contribution in [-0.2, 0) is 19.6 Å². The highest BCUT2D eigenvalue weighted by molar-refractivity contribution is 9.10. The lowest BCUT2D eigenvalue weighted by Crippen LogP contribution is -2.35. The Hall–Kier alpha value is -3.21. The van der Waals surface area contributed by atoms with Crippen molar-refractivity contribution >= 4 is 49.5 Å². The zero-order valence-corrected chi connectivity index (χ0v) is 17.7. The molecule has 10 heteroatoms. The first-order chi connectivity index (χ1) is 14.2. The number of hydrazine groups is 1. The molecule has 1 saturated heterocycles. The first-order valence-electron chi connectivity index (χ1n) is 8.67. The third-order valence-corrected chi connectivity index (χ3v) is 5.90. The number of nitrogens with zero attached hydrogens (tertiary/aromatic N) is 2. The summed E-state index contributed by atoms with van der Waals surface area (Å²) in [6, 6.07) is 16.5. The largest absolute Gasteiger partial charge is 0.317 e. The highest BCUT2D eigenvalue weighted by Gasteiger charge is 2.34. The van der Waals surface area contributed by atoms with Gasteiger partial charge in [-0.15, -0.1) is 0 Å². The Bertz CT molecular complexity index is 1300. The Kier molecular flexibility index (Phi) is 5.06. The Balaban J connectivity index is 1.67. The lowest BCUT2D eigenvalue weighted by atomic mass is 10.2. The molecule has 152 valence electrons. The van der Waals surface area contributed by atoms with Crippen LogP contribution in [0.25, 0.3) is 11.8 Å². The van der Waals surface area contributed by atoms with Gasteiger partial charge >= 0.3 is 0 Å². The van der Waals surface area contributed by atoms with Crippen LogP contribution in [0.2, 0.25) is 0 Å². The SMILES string of the molecule is NS(=O)(=O)c1ccc(-n2cccc2C=C2C(=O)NN(c3cccc(Br)c3)C2=O)cc1. The minimum Gasteiger partial charge on any atom is -0.317 e. The summed E-state index contributed by atoms with van der Waals surface area (Å²) in [5, 5.41) is 6.32. The Morgan fingerprint density at radius 3 is 2.37 bits per heavy atom. The molecule has 0 atom stereocenters. The van der Waals surface area contributed by atoms with E-state index in [1.54, 1.807) is 53.2 Å². The van der Waals surface area contributed by atoms with Gasteiger partial charge in [0.25, 0.3) is 11.8 Å². The van der Waals surface area contributed by atoms with E-state index in [1.165, 1.54) is 23.2 Å². The summed E-state index contributed by atoms with van der Waals surface area (Å²) in [6.45, 7) is 0. The van der Waals surface area contributed by atoms with E-state index < -0.39 is 21.8 Å². The van der Waals surface area contributed by atoms with E-state index in [1.807, 2.05) is 6.07 Å². The van der Waals surface area contributed by atoms with Crippen molar-refractivity contribution in [3.63, 3.8) is 0 Å². The summed E-state index contributed by atoms with van der Waals surface area (Å²) in [7, 11) is -3.79. The van der Waals surface area contributed by atoms with E-state index in [2.05, 4.69) is 21.4 Å². The summed E-state index contributed by atoms with van der Waals surface area (Å²) in [5.41, 5.74) is 4.29. The lowest BCUT2D eigenvalue weighted by Gasteiger charge is -2.14. The topological polar surface area (TPSA) is 114 Å². The summed E-state index contributed by atoms with van der Waals surface area (Å²) < 4.78 is 25.4. The van der Waals surface area contributed by atoms with Crippen LogP contribution in [0.15, 0.2) is 81.8 Å². The van der Waals surface area contributed by atoms with Crippen molar-refractivity contribution < 1.29 is 18.0 Å². The van der Waals surface area contributed by atoms with Crippen LogP contribution in [0.5, 0.6) is 0 Å². The summed E-state index contributed by atoms with van der Waals surface area (Å²) >= 11 is 3.35. The Labute approximate surface area is 180 Å². The van der Waals surface area contributed by atoms with E-state index in [-0.39, 0.29) is 10.5 Å². The van der Waals surface area contributed by atoms with Gasteiger partial charge in [-0.3, -0.25) is 15.0 Å². The Morgan fingerprint density at radius 2 is 1.70 bits per heavy atom. The molecule has 0 radical (unpaired) electrons. The van der Waals surface area contributed by atoms with E-state index in [0.717, 1.165) is 4.47 Å². The van der Waals surface area contributed by atoms with Crippen LogP contribution in [0.1, 0.15) is 5.69 Å². The van der Waals surface area contributed by atoms with Crippen LogP contribution >= 0.6 is 15.9 Å². The predicted octanol–water partition coefficient (Wildman–Crippen LogP) is 2.35. The predicted molar refractivity (Wildman–Crippen MR) is 115 cm³/mol. The van der Waals surface area contributed by atoms with Gasteiger partial charge in [0.1, 0.15) is 5.57 Å². The number of anilines is 1. The van der Waals surface area contributed by atoms with Gasteiger partial charge in [0.15, 0.2) is 0 Å². The molecular weight excluding hydrogens is 472 g/mol. The standard InChI is InChI=1S/C20H15BrN4O4S/c21-13-3-1-4-16(11-13)25-20(27)18(19(26)23-25)12-15-5-2-10-24(15)14-6-8-17(9-7-14)30(22,28)29/h1-12H,(H,23,26)(H2,22,28,29). The number of amides is 2. The third kappa shape index (κ3) is 3.80. The number of nitrogens with one attached hydrogen (secondary N) is 1. The number of rotatable bonds is 4. The Morgan fingerprint density at radius 1 is 0.967 bits per heavy atom. The van der Waals surface area contributed by atoms with Gasteiger partial charge in [-0.25, -0.2) is 18.6 Å². The number of nitrogens with two attached hydrogens (primary N) is 1. The number of hydrogen-bond acceptors (Lipinski definition) is 4. The van der Waals surface area contributed by atoms with Gasteiger partial charge in [0.2, 0.25) is 10.0 Å². The highest BCUT2D eigenvalue weighted by atomic mass is 79.9. The molecule has 4 rings (SSSR count). The average molecular weight is 487 g/mol. The first-order valence-corrected chi connectivity index (χ1v) is 11.0. The van der Waals surface area contributed by atoms with E-state index in [4.69, 9.17) is 5.14 Å². The minimum atomic E-state index is -3.79. The molecule has 2 heterocycles. The molecule has 1 fully saturated rings. The molecule has 2 amide bonds. The smallest absolute Gasteiger partial charge is 0.282 e. The van der Waals surface area contributed by atoms with Crippen LogP contribution in [0, 0.1) is 0 Å². The van der Waals surface area contributed by atoms with Gasteiger partial charge in [-0.05, 0) is 60.7 Å². The van der Waals surface area contributed by atoms with Crippen molar-refractivity contribution in [2.75, 3.05) is 5.01 Å². The summed E-state index contributed by atoms with van der Waals surface area (Å²) in [6.07, 6.45) is 3.23. The van der Waals surface area contributed by atoms with Crippen molar-refractivity contribution in [1.82, 2.24) is 9.99 Å². The maximum absolute atomic E-state index is 12.8. The molecule has 30 heavy (non-hydrogen) atoms. The fraction of sp³-hybridized carbons (Fsp3) is 0. The first kappa shape index (κ1) is 20.1. The average Bonchev–Trinajstić information content (AvgIpc) is 3.27. The molecular formula is C20H15BrN4O4S. The normalized spacial score (nSPS) is 15.7. The zero-order chi connectivity index (χ0) is 21.5. The molecule has 3 aromatic rings. The van der Waals surface area contributed by atoms with Gasteiger partial charge in [-0.1, -0.05) is 22.0 Å². The quantitative estimate of drug-likeness (QED) is 0.434. The van der Waals surface area contributed by atoms with Crippen LogP contribution < -0.4 is 15.6 Å². The van der Waals surface area contributed by atoms with Gasteiger partial charge in [-0.2, -0.15) is 0 Å². The number of sulfonamides is 1. The summed E-state index contributed by atoms with van der Waals surface area (Å²) in [4.78, 5) is 25.3. The zero-order valence-electron chi connectivity index (χ0n) is 15.3. The van der Waals surface area contributed by atoms with Crippen molar-refractivity contribution in [2.24, 2.45) is 5.14 Å². The molecule has 8 nitrogen and oxygen atoms in total. The molecule has 1 aromatic heterocycles. The fourth-order valence-electron chi connectivity index (χ4n) is 3.05. The second-order valence-corrected chi connectivity index (χ2v) is 8.94. The van der Waals surface area contributed by atoms with Gasteiger partial charge in [0.05, 0.1) is 10.6 Å². The molecule has 0 saturated carbocycles. The minimum absolute atomic E-state index is 0.00618. The maximum atomic E-state index is 12.8. The third-order valence-electron chi connectivity index (χ3n) is 4.47. The van der Waals surface area contributed by atoms with Crippen LogP contribution in [0.3, 0.4) is 0 Å². The lowest BCUT2D eigenvalue weighted by molar-refractivity contribution is -0.117. The molecule has 2 aromatic carbocycles. The van der Waals surface area contributed by atoms with E-state index in [0.29, 0.717) is 17.1 Å². The number of hydrogen-bond donors (Lipinski definition) is 2. The van der Waals surface area contributed by atoms with Crippen LogP contribution in [0.4, 0.5) is 5.69 Å². The molecule has 0 unspecified atom stereocenters. The maximum Gasteiger partial charge on any atom is 0.282 e. The number of primary sulfonamides is 1. The second kappa shape index (κ2) is 7.56. The van der Waals surface area contributed by atoms with Gasteiger partial charge in [0, 0.05) is 22.1 Å². The number of halogens is 1. The van der Waals surface area contributed by atoms with Crippen molar-refractivity contribution in [3.8, 4) is 5.69 Å². The number of benzene rings is 2. The van der Waals surface area contributed by atoms with Crippen LogP contribution in [-0.4, -0.2) is 24.8 Å². The molecule has 0 spiro atoms. The molecule has 3 N–H and O–H groups in total. The molecule has 1 aliphatic heterocycles. The number of aromatic nitrogens is 1. The second-order valence-electron chi connectivity index (χ2n) is 6.46. The van der Waals surface area contributed by atoms with E-state index in [9.17, 15) is 18.0 Å². The molecule has 0 aliphatic carbocycles. The molecule has 1 aliphatic rings. The number of carbonyl (C=O) groups excluding carboxylic acids is 2. The van der Waals surface area contributed by atoms with Crippen molar-refractivity contribution in [3.05, 3.63) is 82.6 Å². The van der Waals surface area contributed by atoms with E-state index >= 15 is 0 Å². The van der Waals surface area contributed by atoms with Crippen molar-refractivity contribution in [1.29, 1.82) is 0 Å². The molecule has 0 bridgehead atoms. The van der Waals surface area contributed by atoms with Gasteiger partial charge < -0.3 is 4.57 Å². The summed E-state index contributed by atoms with van der Waals surface area (Å²) in [5.74, 6) is -0.993. The van der Waals surface area contributed by atoms with Crippen molar-refractivity contribution in [2.45, 2.75) is 4.90 Å². The number of carbonyl (C=O) groups is 2. The highest BCUT2D eigenvalue weighted by Crippen LogP contribution is 2.25. The fourth-order valence-corrected chi connectivity index (χ4v) is 3.95. The monoisotopic (exact) mass is 486 g/mol.